The molecule has 0 radical (unpaired) electrons. The van der Waals surface area contributed by atoms with Gasteiger partial charge in [-0.25, -0.2) is 9.19 Å². The molecule has 1 aromatic carbocycles. The minimum atomic E-state index is -2.78. The van der Waals surface area contributed by atoms with Crippen LogP contribution in [-0.4, -0.2) is 21.4 Å². The summed E-state index contributed by atoms with van der Waals surface area (Å²) >= 11 is 3.33. The molecule has 0 saturated carbocycles. The van der Waals surface area contributed by atoms with E-state index in [1.807, 2.05) is 24.3 Å². The Kier molecular flexibility index (Phi) is 4.67. The number of carbonyl (C=O) groups is 1. The predicted octanol–water partition coefficient (Wildman–Crippen LogP) is 3.07. The molecule has 0 aliphatic heterocycles. The van der Waals surface area contributed by atoms with Crippen molar-refractivity contribution in [3.05, 3.63) is 58.7 Å². The van der Waals surface area contributed by atoms with Crippen LogP contribution in [0.1, 0.15) is 5.56 Å². The van der Waals surface area contributed by atoms with E-state index in [2.05, 4.69) is 25.3 Å². The number of hydrogen-bond donors (Lipinski definition) is 0. The van der Waals surface area contributed by atoms with Crippen molar-refractivity contribution >= 4 is 31.6 Å². The summed E-state index contributed by atoms with van der Waals surface area (Å²) in [5.41, 5.74) is 0.832. The number of hydrogen-bond acceptors (Lipinski definition) is 3. The average Bonchev–Trinajstić information content (AvgIpc) is 2.42. The summed E-state index contributed by atoms with van der Waals surface area (Å²) in [7, 11) is -2.78. The van der Waals surface area contributed by atoms with Crippen LogP contribution in [0.2, 0.25) is 0 Å². The number of nitrogens with zero attached hydrogens (tertiary/aromatic N) is 2. The predicted molar refractivity (Wildman–Crippen MR) is 81.9 cm³/mol. The summed E-state index contributed by atoms with van der Waals surface area (Å²) in [4.78, 5) is 15.9. The zero-order chi connectivity index (χ0) is 14.6. The van der Waals surface area contributed by atoms with Crippen molar-refractivity contribution in [1.82, 2.24) is 4.98 Å². The third kappa shape index (κ3) is 3.98. The number of pyridine rings is 1. The van der Waals surface area contributed by atoms with Gasteiger partial charge in [0.2, 0.25) is 0 Å². The quantitative estimate of drug-likeness (QED) is 0.852. The van der Waals surface area contributed by atoms with Crippen LogP contribution < -0.4 is 0 Å². The highest BCUT2D eigenvalue weighted by atomic mass is 79.9. The van der Waals surface area contributed by atoms with E-state index in [1.165, 1.54) is 12.5 Å². The Hall–Kier alpha value is -1.53. The largest absolute Gasteiger partial charge is 0.272 e. The highest BCUT2D eigenvalue weighted by Gasteiger charge is 2.10. The van der Waals surface area contributed by atoms with Crippen LogP contribution in [0, 0.1) is 0 Å². The molecule has 1 unspecified atom stereocenters. The molecule has 0 aliphatic carbocycles. The average molecular weight is 353 g/mol. The van der Waals surface area contributed by atoms with Gasteiger partial charge >= 0.3 is 0 Å². The molecule has 0 fully saturated rings. The minimum Gasteiger partial charge on any atom is -0.272 e. The first-order valence-electron chi connectivity index (χ1n) is 5.88. The highest BCUT2D eigenvalue weighted by molar-refractivity contribution is 9.10. The Morgan fingerprint density at radius 2 is 1.95 bits per heavy atom. The maximum atomic E-state index is 12.4. The molecule has 1 heterocycles. The molecule has 104 valence electrons. The molecule has 2 rings (SSSR count). The van der Waals surface area contributed by atoms with E-state index in [4.69, 9.17) is 0 Å². The van der Waals surface area contributed by atoms with Gasteiger partial charge in [-0.15, -0.1) is 0 Å². The van der Waals surface area contributed by atoms with E-state index < -0.39 is 15.6 Å². The van der Waals surface area contributed by atoms with Crippen LogP contribution in [-0.2, 0) is 20.9 Å². The van der Waals surface area contributed by atoms with E-state index in [-0.39, 0.29) is 6.42 Å². The van der Waals surface area contributed by atoms with Crippen molar-refractivity contribution in [2.75, 3.05) is 6.26 Å². The summed E-state index contributed by atoms with van der Waals surface area (Å²) in [5.74, 6) is -0.412. The summed E-state index contributed by atoms with van der Waals surface area (Å²) in [6, 6.07) is 12.4. The lowest BCUT2D eigenvalue weighted by Crippen LogP contribution is -2.07. The van der Waals surface area contributed by atoms with Gasteiger partial charge in [-0.2, -0.15) is 4.36 Å². The zero-order valence-electron chi connectivity index (χ0n) is 10.8. The van der Waals surface area contributed by atoms with Gasteiger partial charge in [0.1, 0.15) is 5.03 Å². The topological polar surface area (TPSA) is 59.4 Å². The van der Waals surface area contributed by atoms with Gasteiger partial charge in [-0.3, -0.25) is 4.79 Å². The fourth-order valence-electron chi connectivity index (χ4n) is 1.62. The molecule has 0 saturated heterocycles. The van der Waals surface area contributed by atoms with E-state index >= 15 is 0 Å². The molecule has 0 spiro atoms. The van der Waals surface area contributed by atoms with Gasteiger partial charge in [0.25, 0.3) is 5.91 Å². The molecular weight excluding hydrogens is 340 g/mol. The molecule has 1 amide bonds. The third-order valence-corrected chi connectivity index (χ3v) is 4.67. The van der Waals surface area contributed by atoms with Crippen molar-refractivity contribution in [2.45, 2.75) is 11.4 Å². The fourth-order valence-corrected chi connectivity index (χ4v) is 3.02. The number of benzene rings is 1. The lowest BCUT2D eigenvalue weighted by Gasteiger charge is -2.03. The number of carbonyl (C=O) groups excluding carboxylic acids is 1. The van der Waals surface area contributed by atoms with Crippen LogP contribution in [0.15, 0.2) is 62.5 Å². The van der Waals surface area contributed by atoms with E-state index in [9.17, 15) is 9.00 Å². The number of halogens is 1. The van der Waals surface area contributed by atoms with Crippen LogP contribution in [0.5, 0.6) is 0 Å². The van der Waals surface area contributed by atoms with Crippen LogP contribution in [0.25, 0.3) is 0 Å². The Balaban J connectivity index is 2.20. The first kappa shape index (κ1) is 14.9. The van der Waals surface area contributed by atoms with Crippen molar-refractivity contribution < 1.29 is 9.00 Å². The summed E-state index contributed by atoms with van der Waals surface area (Å²) in [6.07, 6.45) is 3.09. The molecule has 20 heavy (non-hydrogen) atoms. The number of rotatable bonds is 3. The van der Waals surface area contributed by atoms with Crippen molar-refractivity contribution in [1.29, 1.82) is 0 Å². The van der Waals surface area contributed by atoms with Crippen LogP contribution >= 0.6 is 15.9 Å². The Labute approximate surface area is 126 Å². The summed E-state index contributed by atoms with van der Waals surface area (Å²) < 4.78 is 17.1. The van der Waals surface area contributed by atoms with Crippen molar-refractivity contribution in [3.8, 4) is 0 Å². The standard InChI is InChI=1S/C14H13BrN2O2S/c1-20(19,14-4-2-3-9-16-14)17-13(18)10-11-5-7-12(15)8-6-11/h2-9H,10H2,1H3. The molecule has 6 heteroatoms. The first-order chi connectivity index (χ1) is 9.47. The van der Waals surface area contributed by atoms with Gasteiger partial charge in [0.05, 0.1) is 16.1 Å². The Morgan fingerprint density at radius 3 is 2.55 bits per heavy atom. The molecule has 0 bridgehead atoms. The molecule has 0 N–H and O–H groups in total. The monoisotopic (exact) mass is 352 g/mol. The second kappa shape index (κ2) is 6.28. The molecule has 2 aromatic rings. The highest BCUT2D eigenvalue weighted by Crippen LogP contribution is 2.12. The number of aromatic nitrogens is 1. The molecule has 1 atom stereocenters. The van der Waals surface area contributed by atoms with E-state index in [0.717, 1.165) is 10.0 Å². The molecular formula is C14H13BrN2O2S. The van der Waals surface area contributed by atoms with E-state index in [1.54, 1.807) is 18.2 Å². The SMILES string of the molecule is CS(=O)(=NC(=O)Cc1ccc(Br)cc1)c1ccccn1. The number of amides is 1. The summed E-state index contributed by atoms with van der Waals surface area (Å²) in [5, 5.41) is 0.323. The Morgan fingerprint density at radius 1 is 1.25 bits per heavy atom. The smallest absolute Gasteiger partial charge is 0.258 e. The zero-order valence-corrected chi connectivity index (χ0v) is 13.2. The maximum absolute atomic E-state index is 12.4. The lowest BCUT2D eigenvalue weighted by atomic mass is 10.1. The van der Waals surface area contributed by atoms with Crippen molar-refractivity contribution in [2.24, 2.45) is 4.36 Å². The van der Waals surface area contributed by atoms with Crippen LogP contribution in [0.4, 0.5) is 0 Å². The normalized spacial score (nSPS) is 13.5. The first-order valence-corrected chi connectivity index (χ1v) is 8.59. The minimum absolute atomic E-state index is 0.130. The second-order valence-corrected chi connectivity index (χ2v) is 7.38. The van der Waals surface area contributed by atoms with Gasteiger partial charge in [-0.1, -0.05) is 34.1 Å². The van der Waals surface area contributed by atoms with Crippen molar-refractivity contribution in [3.63, 3.8) is 0 Å². The molecule has 0 aliphatic rings. The van der Waals surface area contributed by atoms with Crippen LogP contribution in [0.3, 0.4) is 0 Å². The summed E-state index contributed by atoms with van der Waals surface area (Å²) in [6.45, 7) is 0. The Bertz CT molecular complexity index is 721. The van der Waals surface area contributed by atoms with E-state index in [0.29, 0.717) is 5.03 Å². The van der Waals surface area contributed by atoms with Gasteiger partial charge in [0.15, 0.2) is 0 Å². The molecule has 1 aromatic heterocycles. The van der Waals surface area contributed by atoms with Gasteiger partial charge in [-0.05, 0) is 29.8 Å². The molecule has 4 nitrogen and oxygen atoms in total. The third-order valence-electron chi connectivity index (χ3n) is 2.57. The lowest BCUT2D eigenvalue weighted by molar-refractivity contribution is -0.117. The second-order valence-electron chi connectivity index (χ2n) is 4.26. The fraction of sp³-hybridized carbons (Fsp3) is 0.143. The van der Waals surface area contributed by atoms with Gasteiger partial charge in [0, 0.05) is 16.9 Å². The van der Waals surface area contributed by atoms with Gasteiger partial charge < -0.3 is 0 Å². The maximum Gasteiger partial charge on any atom is 0.258 e.